The largest absolute Gasteiger partial charge is 0.477 e. The minimum Gasteiger partial charge on any atom is -0.477 e. The Morgan fingerprint density at radius 2 is 1.42 bits per heavy atom. The van der Waals surface area contributed by atoms with Crippen molar-refractivity contribution in [2.75, 3.05) is 13.2 Å². The highest BCUT2D eigenvalue weighted by atomic mass is 16.5. The molecule has 0 aliphatic heterocycles. The van der Waals surface area contributed by atoms with Gasteiger partial charge >= 0.3 is 0 Å². The average Bonchev–Trinajstić information content (AvgIpc) is 2.66. The van der Waals surface area contributed by atoms with Gasteiger partial charge in [-0.3, -0.25) is 0 Å². The van der Waals surface area contributed by atoms with Crippen LogP contribution in [0.1, 0.15) is 12.8 Å². The molecule has 1 aromatic heterocycles. The fraction of sp³-hybridized carbons (Fsp3) is 0.200. The van der Waals surface area contributed by atoms with Gasteiger partial charge in [0, 0.05) is 17.7 Å². The van der Waals surface area contributed by atoms with Crippen LogP contribution in [0.5, 0.6) is 5.88 Å². The molecule has 0 atom stereocenters. The average molecular weight is 320 g/mol. The maximum atomic E-state index is 8.84. The van der Waals surface area contributed by atoms with E-state index in [9.17, 15) is 0 Å². The molecule has 122 valence electrons. The summed E-state index contributed by atoms with van der Waals surface area (Å²) in [5.74, 6) is 0.506. The van der Waals surface area contributed by atoms with E-state index in [0.29, 0.717) is 12.5 Å². The maximum absolute atomic E-state index is 8.84. The Hall–Kier alpha value is -2.72. The van der Waals surface area contributed by atoms with E-state index in [2.05, 4.69) is 9.97 Å². The molecule has 3 aromatic rings. The van der Waals surface area contributed by atoms with Crippen molar-refractivity contribution in [3.63, 3.8) is 0 Å². The van der Waals surface area contributed by atoms with Crippen LogP contribution in [0.4, 0.5) is 0 Å². The molecular weight excluding hydrogens is 300 g/mol. The van der Waals surface area contributed by atoms with E-state index in [1.165, 1.54) is 0 Å². The molecule has 0 aliphatic carbocycles. The van der Waals surface area contributed by atoms with Crippen LogP contribution in [-0.4, -0.2) is 28.3 Å². The standard InChI is InChI=1S/C20H20N2O2/c23-13-7-8-14-24-18-15-21-19(16-9-3-1-4-10-16)20(22-18)17-11-5-2-6-12-17/h1-6,9-12,15,23H,7-8,13-14H2. The number of aliphatic hydroxyl groups excluding tert-OH is 1. The Kier molecular flexibility index (Phi) is 5.53. The van der Waals surface area contributed by atoms with Crippen molar-refractivity contribution in [2.24, 2.45) is 0 Å². The fourth-order valence-corrected chi connectivity index (χ4v) is 2.44. The minimum atomic E-state index is 0.178. The van der Waals surface area contributed by atoms with Crippen molar-refractivity contribution in [1.29, 1.82) is 0 Å². The van der Waals surface area contributed by atoms with Crippen LogP contribution in [0.15, 0.2) is 66.9 Å². The number of aliphatic hydroxyl groups is 1. The van der Waals surface area contributed by atoms with E-state index in [1.807, 2.05) is 60.7 Å². The van der Waals surface area contributed by atoms with Gasteiger partial charge in [0.2, 0.25) is 5.88 Å². The summed E-state index contributed by atoms with van der Waals surface area (Å²) in [7, 11) is 0. The SMILES string of the molecule is OCCCCOc1cnc(-c2ccccc2)c(-c2ccccc2)n1. The van der Waals surface area contributed by atoms with E-state index in [-0.39, 0.29) is 6.61 Å². The molecule has 0 bridgehead atoms. The Bertz CT molecular complexity index is 761. The van der Waals surface area contributed by atoms with E-state index in [1.54, 1.807) is 6.20 Å². The zero-order chi connectivity index (χ0) is 16.6. The van der Waals surface area contributed by atoms with Gasteiger partial charge < -0.3 is 9.84 Å². The lowest BCUT2D eigenvalue weighted by Gasteiger charge is -2.11. The van der Waals surface area contributed by atoms with E-state index >= 15 is 0 Å². The van der Waals surface area contributed by atoms with Crippen LogP contribution in [0.3, 0.4) is 0 Å². The highest BCUT2D eigenvalue weighted by Gasteiger charge is 2.12. The number of unbranched alkanes of at least 4 members (excludes halogenated alkanes) is 1. The highest BCUT2D eigenvalue weighted by Crippen LogP contribution is 2.30. The van der Waals surface area contributed by atoms with Gasteiger partial charge in [0.15, 0.2) is 0 Å². The molecule has 0 fully saturated rings. The van der Waals surface area contributed by atoms with Gasteiger partial charge in [-0.2, -0.15) is 0 Å². The molecule has 4 heteroatoms. The predicted octanol–water partition coefficient (Wildman–Crippen LogP) is 3.96. The van der Waals surface area contributed by atoms with E-state index < -0.39 is 0 Å². The molecule has 1 heterocycles. The van der Waals surface area contributed by atoms with Crippen molar-refractivity contribution in [1.82, 2.24) is 9.97 Å². The Balaban J connectivity index is 1.94. The van der Waals surface area contributed by atoms with Crippen molar-refractivity contribution in [3.8, 4) is 28.4 Å². The van der Waals surface area contributed by atoms with Crippen LogP contribution in [0, 0.1) is 0 Å². The Morgan fingerprint density at radius 3 is 2.04 bits per heavy atom. The summed E-state index contributed by atoms with van der Waals surface area (Å²) >= 11 is 0. The summed E-state index contributed by atoms with van der Waals surface area (Å²) in [6, 6.07) is 20.0. The van der Waals surface area contributed by atoms with Crippen LogP contribution in [0.25, 0.3) is 22.5 Å². The predicted molar refractivity (Wildman–Crippen MR) is 94.7 cm³/mol. The van der Waals surface area contributed by atoms with E-state index in [0.717, 1.165) is 35.4 Å². The third-order valence-electron chi connectivity index (χ3n) is 3.65. The van der Waals surface area contributed by atoms with Gasteiger partial charge in [-0.05, 0) is 12.8 Å². The van der Waals surface area contributed by atoms with Crippen molar-refractivity contribution >= 4 is 0 Å². The Labute approximate surface area is 141 Å². The first kappa shape index (κ1) is 16.1. The molecule has 4 nitrogen and oxygen atoms in total. The second kappa shape index (κ2) is 8.22. The highest BCUT2D eigenvalue weighted by molar-refractivity contribution is 5.77. The molecular formula is C20H20N2O2. The second-order valence-electron chi connectivity index (χ2n) is 5.42. The van der Waals surface area contributed by atoms with Crippen LogP contribution in [0.2, 0.25) is 0 Å². The monoisotopic (exact) mass is 320 g/mol. The van der Waals surface area contributed by atoms with Gasteiger partial charge in [-0.1, -0.05) is 60.7 Å². The number of nitrogens with zero attached hydrogens (tertiary/aromatic N) is 2. The molecule has 1 N–H and O–H groups in total. The quantitative estimate of drug-likeness (QED) is 0.669. The number of aromatic nitrogens is 2. The van der Waals surface area contributed by atoms with Crippen LogP contribution >= 0.6 is 0 Å². The van der Waals surface area contributed by atoms with Crippen molar-refractivity contribution < 1.29 is 9.84 Å². The smallest absolute Gasteiger partial charge is 0.232 e. The van der Waals surface area contributed by atoms with E-state index in [4.69, 9.17) is 9.84 Å². The molecule has 0 unspecified atom stereocenters. The lowest BCUT2D eigenvalue weighted by atomic mass is 10.0. The summed E-state index contributed by atoms with van der Waals surface area (Å²) in [5, 5.41) is 8.84. The number of hydrogen-bond acceptors (Lipinski definition) is 4. The number of rotatable bonds is 7. The molecule has 0 aliphatic rings. The number of ether oxygens (including phenoxy) is 1. The molecule has 0 saturated heterocycles. The van der Waals surface area contributed by atoms with Gasteiger partial charge in [-0.25, -0.2) is 9.97 Å². The molecule has 0 saturated carbocycles. The van der Waals surface area contributed by atoms with Crippen molar-refractivity contribution in [2.45, 2.75) is 12.8 Å². The molecule has 24 heavy (non-hydrogen) atoms. The number of hydrogen-bond donors (Lipinski definition) is 1. The normalized spacial score (nSPS) is 10.5. The Morgan fingerprint density at radius 1 is 0.792 bits per heavy atom. The summed E-state index contributed by atoms with van der Waals surface area (Å²) in [4.78, 5) is 9.26. The summed E-state index contributed by atoms with van der Waals surface area (Å²) in [5.41, 5.74) is 3.67. The zero-order valence-electron chi connectivity index (χ0n) is 13.4. The fourth-order valence-electron chi connectivity index (χ4n) is 2.44. The first-order valence-electron chi connectivity index (χ1n) is 8.10. The first-order chi connectivity index (χ1) is 11.9. The number of benzene rings is 2. The second-order valence-corrected chi connectivity index (χ2v) is 5.42. The van der Waals surface area contributed by atoms with Crippen LogP contribution in [-0.2, 0) is 0 Å². The van der Waals surface area contributed by atoms with Gasteiger partial charge in [0.25, 0.3) is 0 Å². The van der Waals surface area contributed by atoms with Crippen LogP contribution < -0.4 is 4.74 Å². The summed E-state index contributed by atoms with van der Waals surface area (Å²) < 4.78 is 5.68. The molecule has 2 aromatic carbocycles. The molecule has 0 radical (unpaired) electrons. The third-order valence-corrected chi connectivity index (χ3v) is 3.65. The lowest BCUT2D eigenvalue weighted by molar-refractivity contribution is 0.249. The van der Waals surface area contributed by atoms with Gasteiger partial charge in [0.1, 0.15) is 5.69 Å². The molecule has 0 spiro atoms. The van der Waals surface area contributed by atoms with Gasteiger partial charge in [-0.15, -0.1) is 0 Å². The molecule has 0 amide bonds. The molecule has 3 rings (SSSR count). The topological polar surface area (TPSA) is 55.2 Å². The minimum absolute atomic E-state index is 0.178. The summed E-state index contributed by atoms with van der Waals surface area (Å²) in [6.07, 6.45) is 3.17. The maximum Gasteiger partial charge on any atom is 0.232 e. The van der Waals surface area contributed by atoms with Crippen molar-refractivity contribution in [3.05, 3.63) is 66.9 Å². The third kappa shape index (κ3) is 3.97. The first-order valence-corrected chi connectivity index (χ1v) is 8.10. The summed E-state index contributed by atoms with van der Waals surface area (Å²) in [6.45, 7) is 0.700. The lowest BCUT2D eigenvalue weighted by Crippen LogP contribution is -2.02. The zero-order valence-corrected chi connectivity index (χ0v) is 13.4. The van der Waals surface area contributed by atoms with Gasteiger partial charge in [0.05, 0.1) is 18.5 Å².